The number of benzene rings is 1. The standard InChI is InChI=1S/C15H13ClN2S/c1-17(13-6-4-5-12(16)11-13)15-14(7-10-19-15)18-8-2-3-9-18/h2-11H,1H3. The molecule has 96 valence electrons. The minimum absolute atomic E-state index is 0.753. The summed E-state index contributed by atoms with van der Waals surface area (Å²) in [6.07, 6.45) is 4.11. The molecule has 2 aromatic heterocycles. The summed E-state index contributed by atoms with van der Waals surface area (Å²) >= 11 is 7.78. The summed E-state index contributed by atoms with van der Waals surface area (Å²) in [5.41, 5.74) is 2.26. The fraction of sp³-hybridized carbons (Fsp3) is 0.0667. The minimum Gasteiger partial charge on any atom is -0.335 e. The van der Waals surface area contributed by atoms with E-state index in [1.54, 1.807) is 11.3 Å². The molecule has 0 aliphatic heterocycles. The Morgan fingerprint density at radius 3 is 2.63 bits per heavy atom. The third kappa shape index (κ3) is 2.39. The van der Waals surface area contributed by atoms with Crippen LogP contribution in [0.1, 0.15) is 0 Å². The molecule has 0 radical (unpaired) electrons. The van der Waals surface area contributed by atoms with Crippen molar-refractivity contribution in [1.82, 2.24) is 4.57 Å². The zero-order valence-electron chi connectivity index (χ0n) is 10.5. The lowest BCUT2D eigenvalue weighted by molar-refractivity contribution is 1.07. The number of hydrogen-bond donors (Lipinski definition) is 0. The number of anilines is 2. The Morgan fingerprint density at radius 2 is 1.89 bits per heavy atom. The van der Waals surface area contributed by atoms with Crippen LogP contribution in [0.3, 0.4) is 0 Å². The van der Waals surface area contributed by atoms with Crippen LogP contribution < -0.4 is 4.90 Å². The van der Waals surface area contributed by atoms with Gasteiger partial charge in [-0.25, -0.2) is 0 Å². The van der Waals surface area contributed by atoms with Gasteiger partial charge in [0.2, 0.25) is 0 Å². The lowest BCUT2D eigenvalue weighted by Crippen LogP contribution is -2.09. The highest BCUT2D eigenvalue weighted by atomic mass is 35.5. The van der Waals surface area contributed by atoms with E-state index >= 15 is 0 Å². The van der Waals surface area contributed by atoms with Crippen LogP contribution >= 0.6 is 22.9 Å². The van der Waals surface area contributed by atoms with E-state index in [1.165, 1.54) is 10.7 Å². The highest BCUT2D eigenvalue weighted by Crippen LogP contribution is 2.35. The quantitative estimate of drug-likeness (QED) is 0.661. The van der Waals surface area contributed by atoms with Crippen molar-refractivity contribution >= 4 is 33.6 Å². The maximum Gasteiger partial charge on any atom is 0.120 e. The predicted molar refractivity (Wildman–Crippen MR) is 83.2 cm³/mol. The third-order valence-electron chi connectivity index (χ3n) is 3.01. The normalized spacial score (nSPS) is 10.6. The average molecular weight is 289 g/mol. The van der Waals surface area contributed by atoms with E-state index in [-0.39, 0.29) is 0 Å². The summed E-state index contributed by atoms with van der Waals surface area (Å²) in [6.45, 7) is 0. The molecule has 0 saturated carbocycles. The molecule has 0 aliphatic carbocycles. The molecule has 2 nitrogen and oxygen atoms in total. The molecule has 4 heteroatoms. The Kier molecular flexibility index (Phi) is 3.32. The van der Waals surface area contributed by atoms with Crippen molar-refractivity contribution in [2.45, 2.75) is 0 Å². The number of hydrogen-bond acceptors (Lipinski definition) is 2. The maximum absolute atomic E-state index is 6.06. The zero-order chi connectivity index (χ0) is 13.2. The molecular weight excluding hydrogens is 276 g/mol. The van der Waals surface area contributed by atoms with Gasteiger partial charge in [-0.05, 0) is 41.8 Å². The Labute approximate surface area is 121 Å². The molecule has 0 amide bonds. The second kappa shape index (κ2) is 5.11. The monoisotopic (exact) mass is 288 g/mol. The Balaban J connectivity index is 2.01. The van der Waals surface area contributed by atoms with Crippen molar-refractivity contribution in [1.29, 1.82) is 0 Å². The van der Waals surface area contributed by atoms with Crippen molar-refractivity contribution in [3.8, 4) is 5.69 Å². The van der Waals surface area contributed by atoms with Crippen LogP contribution in [0, 0.1) is 0 Å². The van der Waals surface area contributed by atoms with Gasteiger partial charge in [0.05, 0.1) is 5.69 Å². The molecule has 0 atom stereocenters. The summed E-state index contributed by atoms with van der Waals surface area (Å²) in [5.74, 6) is 0. The van der Waals surface area contributed by atoms with Gasteiger partial charge in [-0.15, -0.1) is 11.3 Å². The lowest BCUT2D eigenvalue weighted by Gasteiger charge is -2.20. The second-order valence-corrected chi connectivity index (χ2v) is 5.57. The van der Waals surface area contributed by atoms with Gasteiger partial charge in [0.1, 0.15) is 5.00 Å². The zero-order valence-corrected chi connectivity index (χ0v) is 12.0. The molecule has 0 N–H and O–H groups in total. The van der Waals surface area contributed by atoms with Gasteiger partial charge in [-0.1, -0.05) is 17.7 Å². The molecule has 0 unspecified atom stereocenters. The first-order chi connectivity index (χ1) is 9.25. The van der Waals surface area contributed by atoms with Gasteiger partial charge < -0.3 is 9.47 Å². The van der Waals surface area contributed by atoms with Crippen molar-refractivity contribution in [2.24, 2.45) is 0 Å². The molecule has 2 heterocycles. The summed E-state index contributed by atoms with van der Waals surface area (Å²) in [4.78, 5) is 2.16. The van der Waals surface area contributed by atoms with Crippen LogP contribution in [0.2, 0.25) is 5.02 Å². The van der Waals surface area contributed by atoms with Gasteiger partial charge in [-0.2, -0.15) is 0 Å². The van der Waals surface area contributed by atoms with E-state index < -0.39 is 0 Å². The summed E-state index contributed by atoms with van der Waals surface area (Å²) in [7, 11) is 2.06. The number of nitrogens with zero attached hydrogens (tertiary/aromatic N) is 2. The first-order valence-corrected chi connectivity index (χ1v) is 7.21. The van der Waals surface area contributed by atoms with Crippen LogP contribution in [-0.4, -0.2) is 11.6 Å². The molecular formula is C15H13ClN2S. The molecule has 0 fully saturated rings. The van der Waals surface area contributed by atoms with Crippen LogP contribution in [0.5, 0.6) is 0 Å². The number of thiophene rings is 1. The minimum atomic E-state index is 0.753. The van der Waals surface area contributed by atoms with E-state index in [4.69, 9.17) is 11.6 Å². The van der Waals surface area contributed by atoms with Gasteiger partial charge in [-0.3, -0.25) is 0 Å². The molecule has 0 aliphatic rings. The Bertz CT molecular complexity index is 673. The van der Waals surface area contributed by atoms with Crippen molar-refractivity contribution in [2.75, 3.05) is 11.9 Å². The highest BCUT2D eigenvalue weighted by Gasteiger charge is 2.12. The molecule has 0 bridgehead atoms. The number of aromatic nitrogens is 1. The highest BCUT2D eigenvalue weighted by molar-refractivity contribution is 7.14. The van der Waals surface area contributed by atoms with Crippen LogP contribution in [0.15, 0.2) is 60.2 Å². The summed E-state index contributed by atoms with van der Waals surface area (Å²) in [6, 6.07) is 14.1. The van der Waals surface area contributed by atoms with E-state index in [0.717, 1.165) is 10.7 Å². The molecule has 3 aromatic rings. The first kappa shape index (κ1) is 12.3. The van der Waals surface area contributed by atoms with E-state index in [9.17, 15) is 0 Å². The van der Waals surface area contributed by atoms with Crippen molar-refractivity contribution in [3.05, 3.63) is 65.3 Å². The molecule has 3 rings (SSSR count). The molecule has 0 saturated heterocycles. The van der Waals surface area contributed by atoms with E-state index in [1.807, 2.05) is 30.3 Å². The fourth-order valence-corrected chi connectivity index (χ4v) is 3.11. The van der Waals surface area contributed by atoms with Crippen molar-refractivity contribution in [3.63, 3.8) is 0 Å². The van der Waals surface area contributed by atoms with E-state index in [0.29, 0.717) is 0 Å². The number of halogens is 1. The smallest absolute Gasteiger partial charge is 0.120 e. The summed E-state index contributed by atoms with van der Waals surface area (Å²) < 4.78 is 2.12. The second-order valence-electron chi connectivity index (χ2n) is 4.24. The van der Waals surface area contributed by atoms with Crippen molar-refractivity contribution < 1.29 is 0 Å². The largest absolute Gasteiger partial charge is 0.335 e. The van der Waals surface area contributed by atoms with Crippen LogP contribution in [0.4, 0.5) is 10.7 Å². The lowest BCUT2D eigenvalue weighted by atomic mass is 10.3. The SMILES string of the molecule is CN(c1cccc(Cl)c1)c1sccc1-n1cccc1. The topological polar surface area (TPSA) is 8.17 Å². The Hall–Kier alpha value is -1.71. The maximum atomic E-state index is 6.06. The summed E-state index contributed by atoms with van der Waals surface area (Å²) in [5, 5.41) is 4.05. The molecule has 0 spiro atoms. The van der Waals surface area contributed by atoms with Gasteiger partial charge in [0.15, 0.2) is 0 Å². The first-order valence-electron chi connectivity index (χ1n) is 5.96. The Morgan fingerprint density at radius 1 is 1.11 bits per heavy atom. The van der Waals surface area contributed by atoms with Gasteiger partial charge >= 0.3 is 0 Å². The van der Waals surface area contributed by atoms with E-state index in [2.05, 4.69) is 46.4 Å². The van der Waals surface area contributed by atoms with Gasteiger partial charge in [0.25, 0.3) is 0 Å². The van der Waals surface area contributed by atoms with Crippen LogP contribution in [0.25, 0.3) is 5.69 Å². The predicted octanol–water partition coefficient (Wildman–Crippen LogP) is 4.96. The average Bonchev–Trinajstić information content (AvgIpc) is 3.08. The van der Waals surface area contributed by atoms with Gasteiger partial charge in [0, 0.05) is 30.2 Å². The number of rotatable bonds is 3. The molecule has 1 aromatic carbocycles. The molecule has 19 heavy (non-hydrogen) atoms. The third-order valence-corrected chi connectivity index (χ3v) is 4.22. The fourth-order valence-electron chi connectivity index (χ4n) is 2.04. The van der Waals surface area contributed by atoms with Crippen LogP contribution in [-0.2, 0) is 0 Å².